The SMILES string of the molecule is CSC(=O)ONC(C)=NCCCC[C@H](N)C(=O)O.Cl.Cl. The summed E-state index contributed by atoms with van der Waals surface area (Å²) in [5.41, 5.74) is 7.76. The highest BCUT2D eigenvalue weighted by Crippen LogP contribution is 2.00. The number of aliphatic carboxylic acids is 1. The minimum Gasteiger partial charge on any atom is -0.480 e. The third-order valence-electron chi connectivity index (χ3n) is 2.04. The maximum absolute atomic E-state index is 10.8. The van der Waals surface area contributed by atoms with E-state index in [1.807, 2.05) is 0 Å². The average Bonchev–Trinajstić information content (AvgIpc) is 2.34. The number of carbonyl (C=O) groups excluding carboxylic acids is 1. The molecule has 0 aromatic heterocycles. The molecule has 0 unspecified atom stereocenters. The molecule has 0 amide bonds. The second kappa shape index (κ2) is 14.7. The minimum atomic E-state index is -0.986. The van der Waals surface area contributed by atoms with Crippen LogP contribution in [-0.2, 0) is 9.63 Å². The van der Waals surface area contributed by atoms with Gasteiger partial charge in [-0.2, -0.15) is 0 Å². The van der Waals surface area contributed by atoms with Gasteiger partial charge < -0.3 is 15.7 Å². The largest absolute Gasteiger partial charge is 0.480 e. The van der Waals surface area contributed by atoms with Gasteiger partial charge in [-0.25, -0.2) is 10.3 Å². The molecule has 0 bridgehead atoms. The fourth-order valence-corrected chi connectivity index (χ4v) is 1.16. The number of aliphatic imine (C=N–C) groups is 1. The lowest BCUT2D eigenvalue weighted by molar-refractivity contribution is -0.138. The molecule has 1 atom stereocenters. The van der Waals surface area contributed by atoms with Crippen LogP contribution in [0.3, 0.4) is 0 Å². The number of carboxylic acid groups (broad SMARTS) is 1. The summed E-state index contributed by atoms with van der Waals surface area (Å²) in [6.07, 6.45) is 3.46. The monoisotopic (exact) mass is 349 g/mol. The minimum absolute atomic E-state index is 0. The van der Waals surface area contributed by atoms with Gasteiger partial charge in [-0.1, -0.05) is 0 Å². The Kier molecular flexibility index (Phi) is 17.9. The van der Waals surface area contributed by atoms with Gasteiger partial charge in [0.1, 0.15) is 11.9 Å². The van der Waals surface area contributed by atoms with Crippen molar-refractivity contribution in [1.29, 1.82) is 0 Å². The molecule has 0 aromatic rings. The van der Waals surface area contributed by atoms with Crippen LogP contribution in [0, 0.1) is 0 Å². The number of nitrogens with one attached hydrogen (secondary N) is 1. The molecule has 7 nitrogen and oxygen atoms in total. The molecule has 20 heavy (non-hydrogen) atoms. The second-order valence-corrected chi connectivity index (χ2v) is 4.31. The van der Waals surface area contributed by atoms with Crippen LogP contribution in [-0.4, -0.2) is 41.1 Å². The lowest BCUT2D eigenvalue weighted by Gasteiger charge is -2.06. The summed E-state index contributed by atoms with van der Waals surface area (Å²) in [5, 5.41) is 8.13. The van der Waals surface area contributed by atoms with Crippen molar-refractivity contribution >= 4 is 53.7 Å². The molecular weight excluding hydrogens is 329 g/mol. The van der Waals surface area contributed by atoms with Crippen LogP contribution in [0.1, 0.15) is 26.2 Å². The number of hydrogen-bond acceptors (Lipinski definition) is 6. The van der Waals surface area contributed by atoms with E-state index in [-0.39, 0.29) is 24.8 Å². The predicted octanol–water partition coefficient (Wildman–Crippen LogP) is 1.83. The van der Waals surface area contributed by atoms with Crippen LogP contribution in [0.5, 0.6) is 0 Å². The lowest BCUT2D eigenvalue weighted by Crippen LogP contribution is -2.29. The Morgan fingerprint density at radius 2 is 2.00 bits per heavy atom. The molecular formula is C10H21Cl2N3O4S. The molecule has 0 aliphatic heterocycles. The first kappa shape index (κ1) is 24.3. The van der Waals surface area contributed by atoms with E-state index in [2.05, 4.69) is 15.3 Å². The van der Waals surface area contributed by atoms with Gasteiger partial charge in [0.25, 0.3) is 0 Å². The number of carboxylic acids is 1. The fraction of sp³-hybridized carbons (Fsp3) is 0.700. The highest BCUT2D eigenvalue weighted by Gasteiger charge is 2.09. The van der Waals surface area contributed by atoms with Crippen LogP contribution in [0.4, 0.5) is 4.79 Å². The van der Waals surface area contributed by atoms with Crippen molar-refractivity contribution in [3.05, 3.63) is 0 Å². The maximum Gasteiger partial charge on any atom is 0.391 e. The van der Waals surface area contributed by atoms with E-state index in [1.54, 1.807) is 13.2 Å². The highest BCUT2D eigenvalue weighted by atomic mass is 35.5. The van der Waals surface area contributed by atoms with E-state index in [4.69, 9.17) is 10.8 Å². The topological polar surface area (TPSA) is 114 Å². The summed E-state index contributed by atoms with van der Waals surface area (Å²) in [6, 6.07) is -0.810. The molecule has 0 aliphatic rings. The Labute approximate surface area is 134 Å². The van der Waals surface area contributed by atoms with Gasteiger partial charge in [0, 0.05) is 6.54 Å². The van der Waals surface area contributed by atoms with Gasteiger partial charge in [-0.3, -0.25) is 9.79 Å². The van der Waals surface area contributed by atoms with E-state index >= 15 is 0 Å². The van der Waals surface area contributed by atoms with Crippen molar-refractivity contribution in [2.45, 2.75) is 32.2 Å². The van der Waals surface area contributed by atoms with Gasteiger partial charge in [0.2, 0.25) is 0 Å². The third kappa shape index (κ3) is 13.7. The molecule has 0 saturated heterocycles. The van der Waals surface area contributed by atoms with Crippen molar-refractivity contribution in [1.82, 2.24) is 5.48 Å². The molecule has 10 heteroatoms. The number of nitrogens with two attached hydrogens (primary N) is 1. The Hall–Kier alpha value is -0.700. The Balaban J connectivity index is -0.00000144. The van der Waals surface area contributed by atoms with Gasteiger partial charge in [0.05, 0.1) is 0 Å². The number of nitrogens with zero attached hydrogens (tertiary/aromatic N) is 1. The average molecular weight is 350 g/mol. The molecule has 0 spiro atoms. The number of amidine groups is 1. The summed E-state index contributed by atoms with van der Waals surface area (Å²) in [7, 11) is 0. The molecule has 4 N–H and O–H groups in total. The van der Waals surface area contributed by atoms with E-state index in [0.29, 0.717) is 25.2 Å². The molecule has 0 radical (unpaired) electrons. The van der Waals surface area contributed by atoms with E-state index in [1.165, 1.54) is 0 Å². The van der Waals surface area contributed by atoms with Crippen LogP contribution in [0.25, 0.3) is 0 Å². The summed E-state index contributed by atoms with van der Waals surface area (Å²) in [5.74, 6) is -0.486. The number of rotatable bonds is 6. The summed E-state index contributed by atoms with van der Waals surface area (Å²) < 4.78 is 0. The zero-order valence-electron chi connectivity index (χ0n) is 11.3. The zero-order valence-corrected chi connectivity index (χ0v) is 13.8. The van der Waals surface area contributed by atoms with E-state index in [0.717, 1.165) is 18.2 Å². The number of hydroxylamine groups is 1. The molecule has 0 fully saturated rings. The fourth-order valence-electron chi connectivity index (χ4n) is 1.04. The van der Waals surface area contributed by atoms with Gasteiger partial charge >= 0.3 is 11.3 Å². The van der Waals surface area contributed by atoms with Crippen molar-refractivity contribution in [2.75, 3.05) is 12.8 Å². The van der Waals surface area contributed by atoms with Crippen LogP contribution in [0.15, 0.2) is 4.99 Å². The first-order valence-corrected chi connectivity index (χ1v) is 6.70. The molecule has 0 aromatic carbocycles. The van der Waals surface area contributed by atoms with Gasteiger partial charge in [-0.05, 0) is 44.2 Å². The third-order valence-corrected chi connectivity index (χ3v) is 2.45. The van der Waals surface area contributed by atoms with Crippen LogP contribution >= 0.6 is 36.6 Å². The van der Waals surface area contributed by atoms with Crippen molar-refractivity contribution in [2.24, 2.45) is 10.7 Å². The Morgan fingerprint density at radius 1 is 1.40 bits per heavy atom. The predicted molar refractivity (Wildman–Crippen MR) is 85.1 cm³/mol. The summed E-state index contributed by atoms with van der Waals surface area (Å²) in [4.78, 5) is 29.9. The van der Waals surface area contributed by atoms with Crippen LogP contribution in [0.2, 0.25) is 0 Å². The molecule has 120 valence electrons. The maximum atomic E-state index is 10.8. The van der Waals surface area contributed by atoms with Crippen molar-refractivity contribution in [3.8, 4) is 0 Å². The van der Waals surface area contributed by atoms with E-state index < -0.39 is 17.3 Å². The molecule has 0 heterocycles. The molecule has 0 aliphatic carbocycles. The van der Waals surface area contributed by atoms with Crippen LogP contribution < -0.4 is 11.2 Å². The van der Waals surface area contributed by atoms with Gasteiger partial charge in [0.15, 0.2) is 0 Å². The molecule has 0 rings (SSSR count). The Morgan fingerprint density at radius 3 is 2.50 bits per heavy atom. The number of thioether (sulfide) groups is 1. The quantitative estimate of drug-likeness (QED) is 0.290. The summed E-state index contributed by atoms with van der Waals surface area (Å²) in [6.45, 7) is 2.21. The van der Waals surface area contributed by atoms with Crippen molar-refractivity contribution < 1.29 is 19.5 Å². The highest BCUT2D eigenvalue weighted by molar-refractivity contribution is 8.12. The lowest BCUT2D eigenvalue weighted by atomic mass is 10.1. The zero-order chi connectivity index (χ0) is 14.0. The summed E-state index contributed by atoms with van der Waals surface area (Å²) >= 11 is 0.957. The first-order chi connectivity index (χ1) is 8.47. The normalized spacial score (nSPS) is 11.7. The smallest absolute Gasteiger partial charge is 0.391 e. The van der Waals surface area contributed by atoms with E-state index in [9.17, 15) is 9.59 Å². The number of unbranched alkanes of at least 4 members (excludes halogenated alkanes) is 1. The van der Waals surface area contributed by atoms with Crippen molar-refractivity contribution in [3.63, 3.8) is 0 Å². The van der Waals surface area contributed by atoms with Gasteiger partial charge in [-0.15, -0.1) is 24.8 Å². The Bertz CT molecular complexity index is 319. The first-order valence-electron chi connectivity index (χ1n) is 5.47. The number of carbonyl (C=O) groups is 2. The number of hydrogen-bond donors (Lipinski definition) is 3. The number of halogens is 2. The standard InChI is InChI=1S/C10H19N3O4S.2ClH/c1-7(13-17-10(16)18-2)12-6-4-3-5-8(11)9(14)15;;/h8H,3-6,11H2,1-2H3,(H,12,13)(H,14,15);2*1H/t8-;;/m0../s1. The molecule has 0 saturated carbocycles. The second-order valence-electron chi connectivity index (χ2n) is 3.57.